The minimum absolute atomic E-state index is 0.0334. The predicted octanol–water partition coefficient (Wildman–Crippen LogP) is 3.96. The zero-order valence-corrected chi connectivity index (χ0v) is 14.3. The number of hydrogen-bond acceptors (Lipinski definition) is 2. The number of carbonyl (C=O) groups excluding carboxylic acids is 2. The zero-order chi connectivity index (χ0) is 18.2. The summed E-state index contributed by atoms with van der Waals surface area (Å²) >= 11 is 0. The van der Waals surface area contributed by atoms with Gasteiger partial charge in [0.1, 0.15) is 5.82 Å². The molecule has 2 aromatic rings. The van der Waals surface area contributed by atoms with Crippen LogP contribution in [0.5, 0.6) is 0 Å². The lowest BCUT2D eigenvalue weighted by Crippen LogP contribution is -2.30. The van der Waals surface area contributed by atoms with Gasteiger partial charge in [0.2, 0.25) is 5.91 Å². The molecule has 0 atom stereocenters. The van der Waals surface area contributed by atoms with E-state index in [2.05, 4.69) is 5.32 Å². The summed E-state index contributed by atoms with van der Waals surface area (Å²) in [5.41, 5.74) is 1.78. The Morgan fingerprint density at radius 2 is 1.76 bits per heavy atom. The molecule has 0 spiro atoms. The number of benzene rings is 2. The molecule has 2 amide bonds. The number of carbonyl (C=O) groups is 2. The molecule has 0 radical (unpaired) electrons. The van der Waals surface area contributed by atoms with Crippen molar-refractivity contribution in [3.63, 3.8) is 0 Å². The van der Waals surface area contributed by atoms with Crippen molar-refractivity contribution >= 4 is 23.6 Å². The Hall–Kier alpha value is -2.95. The molecule has 0 saturated heterocycles. The molecule has 0 bridgehead atoms. The maximum Gasteiger partial charge on any atom is 0.253 e. The van der Waals surface area contributed by atoms with Gasteiger partial charge >= 0.3 is 0 Å². The maximum atomic E-state index is 13.1. The second-order valence-electron chi connectivity index (χ2n) is 5.43. The Labute approximate surface area is 147 Å². The Bertz CT molecular complexity index is 766. The lowest BCUT2D eigenvalue weighted by molar-refractivity contribution is -0.111. The number of hydrogen-bond donors (Lipinski definition) is 1. The Morgan fingerprint density at radius 3 is 2.36 bits per heavy atom. The Balaban J connectivity index is 1.98. The van der Waals surface area contributed by atoms with Crippen LogP contribution in [0.4, 0.5) is 10.1 Å². The molecule has 130 valence electrons. The molecule has 2 rings (SSSR count). The maximum absolute atomic E-state index is 13.1. The second kappa shape index (κ2) is 8.78. The van der Waals surface area contributed by atoms with Crippen LogP contribution in [0.25, 0.3) is 6.08 Å². The summed E-state index contributed by atoms with van der Waals surface area (Å²) < 4.78 is 13.1. The van der Waals surface area contributed by atoms with Gasteiger partial charge in [0.05, 0.1) is 0 Å². The third kappa shape index (κ3) is 5.28. The highest BCUT2D eigenvalue weighted by Gasteiger charge is 2.12. The quantitative estimate of drug-likeness (QED) is 0.809. The third-order valence-electron chi connectivity index (χ3n) is 3.73. The number of rotatable bonds is 6. The van der Waals surface area contributed by atoms with Crippen molar-refractivity contribution in [2.45, 2.75) is 13.8 Å². The molecule has 0 aliphatic heterocycles. The van der Waals surface area contributed by atoms with E-state index in [0.717, 1.165) is 0 Å². The van der Waals surface area contributed by atoms with Crippen LogP contribution in [-0.2, 0) is 4.79 Å². The smallest absolute Gasteiger partial charge is 0.253 e. The number of amides is 2. The number of nitrogens with one attached hydrogen (secondary N) is 1. The lowest BCUT2D eigenvalue weighted by atomic mass is 10.1. The molecule has 25 heavy (non-hydrogen) atoms. The van der Waals surface area contributed by atoms with E-state index >= 15 is 0 Å². The molecule has 4 nitrogen and oxygen atoms in total. The molecule has 0 unspecified atom stereocenters. The minimum Gasteiger partial charge on any atom is -0.339 e. The van der Waals surface area contributed by atoms with Crippen LogP contribution in [-0.4, -0.2) is 29.8 Å². The predicted molar refractivity (Wildman–Crippen MR) is 97.8 cm³/mol. The van der Waals surface area contributed by atoms with E-state index < -0.39 is 0 Å². The van der Waals surface area contributed by atoms with E-state index in [0.29, 0.717) is 29.9 Å². The van der Waals surface area contributed by atoms with Gasteiger partial charge in [-0.2, -0.15) is 0 Å². The van der Waals surface area contributed by atoms with Crippen LogP contribution in [0.15, 0.2) is 54.6 Å². The molecular formula is C20H21FN2O2. The summed E-state index contributed by atoms with van der Waals surface area (Å²) in [4.78, 5) is 25.9. The molecule has 0 heterocycles. The summed E-state index contributed by atoms with van der Waals surface area (Å²) in [5.74, 6) is -0.711. The van der Waals surface area contributed by atoms with Gasteiger partial charge in [0.25, 0.3) is 5.91 Å². The van der Waals surface area contributed by atoms with Crippen molar-refractivity contribution in [3.8, 4) is 0 Å². The first-order valence-corrected chi connectivity index (χ1v) is 8.17. The molecule has 0 aliphatic rings. The van der Waals surface area contributed by atoms with E-state index in [9.17, 15) is 14.0 Å². The summed E-state index contributed by atoms with van der Waals surface area (Å²) in [5, 5.41) is 2.71. The van der Waals surface area contributed by atoms with Crippen molar-refractivity contribution in [1.29, 1.82) is 0 Å². The topological polar surface area (TPSA) is 49.4 Å². The van der Waals surface area contributed by atoms with E-state index in [4.69, 9.17) is 0 Å². The van der Waals surface area contributed by atoms with Crippen molar-refractivity contribution in [1.82, 2.24) is 4.90 Å². The van der Waals surface area contributed by atoms with E-state index in [-0.39, 0.29) is 17.6 Å². The lowest BCUT2D eigenvalue weighted by Gasteiger charge is -2.18. The molecule has 2 aromatic carbocycles. The van der Waals surface area contributed by atoms with Gasteiger partial charge in [-0.05, 0) is 61.9 Å². The van der Waals surface area contributed by atoms with Crippen molar-refractivity contribution in [2.75, 3.05) is 18.4 Å². The van der Waals surface area contributed by atoms with Crippen LogP contribution in [0, 0.1) is 5.82 Å². The molecule has 0 aromatic heterocycles. The summed E-state index contributed by atoms with van der Waals surface area (Å²) in [6, 6.07) is 12.7. The normalized spacial score (nSPS) is 10.7. The second-order valence-corrected chi connectivity index (χ2v) is 5.43. The van der Waals surface area contributed by atoms with Crippen molar-refractivity contribution < 1.29 is 14.0 Å². The van der Waals surface area contributed by atoms with Gasteiger partial charge in [0.15, 0.2) is 0 Å². The number of halogens is 1. The fourth-order valence-electron chi connectivity index (χ4n) is 2.36. The summed E-state index contributed by atoms with van der Waals surface area (Å²) in [6.07, 6.45) is 2.88. The molecule has 5 heteroatoms. The SMILES string of the molecule is CCN(CC)C(=O)c1ccc(NC(=O)/C=C/c2cccc(F)c2)cc1. The van der Waals surface area contributed by atoms with Crippen LogP contribution >= 0.6 is 0 Å². The highest BCUT2D eigenvalue weighted by atomic mass is 19.1. The van der Waals surface area contributed by atoms with Gasteiger partial charge in [-0.25, -0.2) is 4.39 Å². The van der Waals surface area contributed by atoms with Crippen molar-refractivity contribution in [3.05, 3.63) is 71.6 Å². The molecule has 0 saturated carbocycles. The summed E-state index contributed by atoms with van der Waals surface area (Å²) in [7, 11) is 0. The first-order valence-electron chi connectivity index (χ1n) is 8.17. The molecule has 0 fully saturated rings. The zero-order valence-electron chi connectivity index (χ0n) is 14.3. The highest BCUT2D eigenvalue weighted by molar-refractivity contribution is 6.02. The molecular weight excluding hydrogens is 319 g/mol. The van der Waals surface area contributed by atoms with Gasteiger partial charge in [-0.3, -0.25) is 9.59 Å². The van der Waals surface area contributed by atoms with Crippen LogP contribution in [0.3, 0.4) is 0 Å². The van der Waals surface area contributed by atoms with Gasteiger partial charge in [-0.15, -0.1) is 0 Å². The minimum atomic E-state index is -0.351. The fourth-order valence-corrected chi connectivity index (χ4v) is 2.36. The highest BCUT2D eigenvalue weighted by Crippen LogP contribution is 2.12. The standard InChI is InChI=1S/C20H21FN2O2/c1-3-23(4-2)20(25)16-9-11-18(12-10-16)22-19(24)13-8-15-6-5-7-17(21)14-15/h5-14H,3-4H2,1-2H3,(H,22,24)/b13-8+. The molecule has 0 aliphatic carbocycles. The first kappa shape index (κ1) is 18.4. The fraction of sp³-hybridized carbons (Fsp3) is 0.200. The Kier molecular flexibility index (Phi) is 6.46. The third-order valence-corrected chi connectivity index (χ3v) is 3.73. The number of nitrogens with zero attached hydrogens (tertiary/aromatic N) is 1. The Morgan fingerprint density at radius 1 is 1.08 bits per heavy atom. The first-order chi connectivity index (χ1) is 12.0. The van der Waals surface area contributed by atoms with Gasteiger partial charge in [-0.1, -0.05) is 12.1 Å². The monoisotopic (exact) mass is 340 g/mol. The van der Waals surface area contributed by atoms with Gasteiger partial charge < -0.3 is 10.2 Å². The van der Waals surface area contributed by atoms with E-state index in [1.807, 2.05) is 13.8 Å². The van der Waals surface area contributed by atoms with Gasteiger partial charge in [0, 0.05) is 30.4 Å². The summed E-state index contributed by atoms with van der Waals surface area (Å²) in [6.45, 7) is 5.17. The van der Waals surface area contributed by atoms with Crippen LogP contribution < -0.4 is 5.32 Å². The van der Waals surface area contributed by atoms with Crippen LogP contribution in [0.2, 0.25) is 0 Å². The van der Waals surface area contributed by atoms with E-state index in [1.165, 1.54) is 24.3 Å². The largest absolute Gasteiger partial charge is 0.339 e. The van der Waals surface area contributed by atoms with Crippen LogP contribution in [0.1, 0.15) is 29.8 Å². The molecule has 1 N–H and O–H groups in total. The van der Waals surface area contributed by atoms with E-state index in [1.54, 1.807) is 41.3 Å². The average Bonchev–Trinajstić information content (AvgIpc) is 2.61. The average molecular weight is 340 g/mol. The van der Waals surface area contributed by atoms with Crippen molar-refractivity contribution in [2.24, 2.45) is 0 Å². The number of anilines is 1.